The van der Waals surface area contributed by atoms with Crippen LogP contribution in [0.15, 0.2) is 0 Å². The monoisotopic (exact) mass is 278 g/mol. The predicted molar refractivity (Wildman–Crippen MR) is 65.2 cm³/mol. The lowest BCUT2D eigenvalue weighted by Gasteiger charge is -2.29. The maximum absolute atomic E-state index is 12.5. The summed E-state index contributed by atoms with van der Waals surface area (Å²) < 4.78 is 37.5. The van der Waals surface area contributed by atoms with Crippen molar-refractivity contribution in [1.29, 1.82) is 0 Å². The van der Waals surface area contributed by atoms with Crippen LogP contribution in [0.5, 0.6) is 0 Å². The second-order valence-corrected chi connectivity index (χ2v) is 5.84. The normalized spacial score (nSPS) is 29.9. The fourth-order valence-electron chi connectivity index (χ4n) is 2.74. The van der Waals surface area contributed by atoms with Crippen LogP contribution < -0.4 is 11.1 Å². The molecule has 0 aromatic rings. The van der Waals surface area contributed by atoms with Gasteiger partial charge in [-0.25, -0.2) is 0 Å². The molecule has 1 atom stereocenters. The second-order valence-electron chi connectivity index (χ2n) is 5.84. The summed E-state index contributed by atoms with van der Waals surface area (Å²) in [5.41, 5.74) is 5.87. The number of carbonyl (C=O) groups excluding carboxylic acids is 1. The highest BCUT2D eigenvalue weighted by atomic mass is 19.4. The summed E-state index contributed by atoms with van der Waals surface area (Å²) >= 11 is 0. The summed E-state index contributed by atoms with van der Waals surface area (Å²) in [7, 11) is 0. The first-order chi connectivity index (χ1) is 8.88. The third-order valence-corrected chi connectivity index (χ3v) is 4.30. The van der Waals surface area contributed by atoms with Gasteiger partial charge in [-0.2, -0.15) is 13.2 Å². The van der Waals surface area contributed by atoms with Crippen molar-refractivity contribution in [3.63, 3.8) is 0 Å². The summed E-state index contributed by atoms with van der Waals surface area (Å²) in [6.07, 6.45) is -1.09. The van der Waals surface area contributed by atoms with Crippen LogP contribution in [-0.2, 0) is 4.79 Å². The van der Waals surface area contributed by atoms with Crippen LogP contribution in [-0.4, -0.2) is 24.7 Å². The number of rotatable bonds is 4. The Morgan fingerprint density at radius 1 is 1.16 bits per heavy atom. The largest absolute Gasteiger partial charge is 0.391 e. The molecular weight excluding hydrogens is 257 g/mol. The van der Waals surface area contributed by atoms with Gasteiger partial charge in [0.1, 0.15) is 0 Å². The summed E-state index contributed by atoms with van der Waals surface area (Å²) in [4.78, 5) is 11.9. The van der Waals surface area contributed by atoms with E-state index < -0.39 is 12.1 Å². The fraction of sp³-hybridized carbons (Fsp3) is 0.923. The molecule has 3 N–H and O–H groups in total. The molecule has 2 aliphatic rings. The number of alkyl halides is 3. The number of carbonyl (C=O) groups is 1. The van der Waals surface area contributed by atoms with Crippen LogP contribution in [0.4, 0.5) is 13.2 Å². The molecule has 3 nitrogen and oxygen atoms in total. The minimum atomic E-state index is -4.12. The molecule has 6 heteroatoms. The minimum Gasteiger partial charge on any atom is -0.354 e. The van der Waals surface area contributed by atoms with Gasteiger partial charge in [0.05, 0.1) is 5.92 Å². The van der Waals surface area contributed by atoms with E-state index in [4.69, 9.17) is 5.73 Å². The van der Waals surface area contributed by atoms with Gasteiger partial charge in [0, 0.05) is 18.5 Å². The zero-order chi connectivity index (χ0) is 14.0. The lowest BCUT2D eigenvalue weighted by Crippen LogP contribution is -2.42. The molecule has 2 aliphatic carbocycles. The van der Waals surface area contributed by atoms with Crippen molar-refractivity contribution < 1.29 is 18.0 Å². The number of amides is 1. The van der Waals surface area contributed by atoms with Crippen molar-refractivity contribution in [1.82, 2.24) is 5.32 Å². The Hall–Kier alpha value is -0.780. The highest BCUT2D eigenvalue weighted by Crippen LogP contribution is 2.39. The van der Waals surface area contributed by atoms with E-state index in [1.807, 2.05) is 0 Å². The first-order valence-electron chi connectivity index (χ1n) is 6.98. The molecule has 2 saturated carbocycles. The van der Waals surface area contributed by atoms with Gasteiger partial charge in [0.25, 0.3) is 0 Å². The number of halogens is 3. The van der Waals surface area contributed by atoms with Gasteiger partial charge in [-0.3, -0.25) is 4.79 Å². The first kappa shape index (κ1) is 14.6. The number of nitrogens with two attached hydrogens (primary N) is 1. The van der Waals surface area contributed by atoms with Gasteiger partial charge >= 0.3 is 6.18 Å². The van der Waals surface area contributed by atoms with Crippen molar-refractivity contribution in [2.45, 2.75) is 50.7 Å². The first-order valence-corrected chi connectivity index (χ1v) is 6.98. The topological polar surface area (TPSA) is 55.1 Å². The van der Waals surface area contributed by atoms with E-state index in [9.17, 15) is 18.0 Å². The molecule has 19 heavy (non-hydrogen) atoms. The lowest BCUT2D eigenvalue weighted by molar-refractivity contribution is -0.184. The lowest BCUT2D eigenvalue weighted by atomic mass is 9.81. The van der Waals surface area contributed by atoms with E-state index >= 15 is 0 Å². The number of hydrogen-bond acceptors (Lipinski definition) is 2. The predicted octanol–water partition coefficient (Wildman–Crippen LogP) is 2.21. The summed E-state index contributed by atoms with van der Waals surface area (Å²) in [6, 6.07) is -0.00420. The molecule has 0 bridgehead atoms. The molecule has 0 aromatic carbocycles. The molecular formula is C13H21F3N2O. The van der Waals surface area contributed by atoms with E-state index in [1.54, 1.807) is 0 Å². The van der Waals surface area contributed by atoms with Crippen molar-refractivity contribution in [2.24, 2.45) is 23.5 Å². The smallest absolute Gasteiger partial charge is 0.354 e. The van der Waals surface area contributed by atoms with Gasteiger partial charge in [-0.05, 0) is 44.4 Å². The average molecular weight is 278 g/mol. The van der Waals surface area contributed by atoms with Gasteiger partial charge in [0.15, 0.2) is 0 Å². The van der Waals surface area contributed by atoms with Crippen LogP contribution in [0, 0.1) is 17.8 Å². The Morgan fingerprint density at radius 3 is 2.21 bits per heavy atom. The fourth-order valence-corrected chi connectivity index (χ4v) is 2.74. The van der Waals surface area contributed by atoms with E-state index in [-0.39, 0.29) is 30.7 Å². The summed E-state index contributed by atoms with van der Waals surface area (Å²) in [5, 5.41) is 2.78. The maximum Gasteiger partial charge on any atom is 0.391 e. The molecule has 110 valence electrons. The van der Waals surface area contributed by atoms with Gasteiger partial charge in [-0.1, -0.05) is 0 Å². The molecule has 2 rings (SSSR count). The van der Waals surface area contributed by atoms with Gasteiger partial charge < -0.3 is 11.1 Å². The zero-order valence-electron chi connectivity index (χ0n) is 10.9. The molecule has 0 heterocycles. The Bertz CT molecular complexity index is 320. The van der Waals surface area contributed by atoms with E-state index in [2.05, 4.69) is 5.32 Å². The molecule has 0 radical (unpaired) electrons. The maximum atomic E-state index is 12.5. The van der Waals surface area contributed by atoms with Crippen LogP contribution in [0.1, 0.15) is 38.5 Å². The van der Waals surface area contributed by atoms with Crippen LogP contribution >= 0.6 is 0 Å². The average Bonchev–Trinajstić information content (AvgIpc) is 3.19. The van der Waals surface area contributed by atoms with Crippen molar-refractivity contribution in [2.75, 3.05) is 6.54 Å². The summed E-state index contributed by atoms with van der Waals surface area (Å²) in [6.45, 7) is 0.447. The summed E-state index contributed by atoms with van der Waals surface area (Å²) in [5.74, 6) is -1.12. The van der Waals surface area contributed by atoms with Gasteiger partial charge in [-0.15, -0.1) is 0 Å². The van der Waals surface area contributed by atoms with Crippen molar-refractivity contribution in [3.8, 4) is 0 Å². The van der Waals surface area contributed by atoms with E-state index in [0.29, 0.717) is 25.3 Å². The number of nitrogens with one attached hydrogen (secondary N) is 1. The van der Waals surface area contributed by atoms with Crippen LogP contribution in [0.2, 0.25) is 0 Å². The quantitative estimate of drug-likeness (QED) is 0.828. The molecule has 2 fully saturated rings. The van der Waals surface area contributed by atoms with Crippen LogP contribution in [0.3, 0.4) is 0 Å². The Kier molecular flexibility index (Phi) is 4.38. The Balaban J connectivity index is 1.70. The third-order valence-electron chi connectivity index (χ3n) is 4.30. The van der Waals surface area contributed by atoms with Crippen LogP contribution in [0.25, 0.3) is 0 Å². The van der Waals surface area contributed by atoms with Gasteiger partial charge in [0.2, 0.25) is 5.91 Å². The molecule has 0 aliphatic heterocycles. The molecule has 1 unspecified atom stereocenters. The van der Waals surface area contributed by atoms with E-state index in [1.165, 1.54) is 0 Å². The SMILES string of the molecule is NC(CNC(=O)C1CCC(C(F)(F)F)CC1)C1CC1. The molecule has 0 spiro atoms. The molecule has 1 amide bonds. The third kappa shape index (κ3) is 4.09. The Morgan fingerprint density at radius 2 is 1.74 bits per heavy atom. The minimum absolute atomic E-state index is 0.00420. The van der Waals surface area contributed by atoms with Crippen molar-refractivity contribution >= 4 is 5.91 Å². The standard InChI is InChI=1S/C13H21F3N2O/c14-13(15,16)10-5-3-9(4-6-10)12(19)18-7-11(17)8-1-2-8/h8-11H,1-7,17H2,(H,18,19). The molecule has 0 aromatic heterocycles. The highest BCUT2D eigenvalue weighted by molar-refractivity contribution is 5.78. The highest BCUT2D eigenvalue weighted by Gasteiger charge is 2.42. The second kappa shape index (κ2) is 5.69. The molecule has 0 saturated heterocycles. The zero-order valence-corrected chi connectivity index (χ0v) is 10.9. The van der Waals surface area contributed by atoms with Crippen molar-refractivity contribution in [3.05, 3.63) is 0 Å². The Labute approximate surface area is 111 Å². The van der Waals surface area contributed by atoms with E-state index in [0.717, 1.165) is 12.8 Å². The number of hydrogen-bond donors (Lipinski definition) is 2.